The smallest absolute Gasteiger partial charge is 0.254 e. The number of hydrogen-bond acceptors (Lipinski definition) is 3. The average molecular weight is 269 g/mol. The lowest BCUT2D eigenvalue weighted by Gasteiger charge is -2.07. The molecule has 0 unspecified atom stereocenters. The van der Waals surface area contributed by atoms with Crippen molar-refractivity contribution in [2.45, 2.75) is 26.7 Å². The molecule has 1 N–H and O–H groups in total. The van der Waals surface area contributed by atoms with Crippen LogP contribution in [0, 0.1) is 6.92 Å². The first kappa shape index (κ1) is 14.2. The number of aromatic nitrogens is 2. The second-order valence-corrected chi connectivity index (χ2v) is 4.70. The highest BCUT2D eigenvalue weighted by Crippen LogP contribution is 2.08. The molecule has 2 rings (SSSR count). The van der Waals surface area contributed by atoms with Gasteiger partial charge in [-0.25, -0.2) is 9.97 Å². The van der Waals surface area contributed by atoms with Crippen molar-refractivity contribution in [1.29, 1.82) is 0 Å². The summed E-state index contributed by atoms with van der Waals surface area (Å²) < 4.78 is 0. The van der Waals surface area contributed by atoms with Crippen molar-refractivity contribution in [3.8, 4) is 0 Å². The second kappa shape index (κ2) is 6.80. The van der Waals surface area contributed by atoms with Crippen molar-refractivity contribution in [3.63, 3.8) is 0 Å². The van der Waals surface area contributed by atoms with Gasteiger partial charge in [-0.15, -0.1) is 0 Å². The largest absolute Gasteiger partial charge is 0.352 e. The van der Waals surface area contributed by atoms with Crippen LogP contribution in [0.15, 0.2) is 36.5 Å². The zero-order chi connectivity index (χ0) is 14.4. The summed E-state index contributed by atoms with van der Waals surface area (Å²) in [5, 5.41) is 2.84. The van der Waals surface area contributed by atoms with Gasteiger partial charge in [0, 0.05) is 19.2 Å². The van der Waals surface area contributed by atoms with Gasteiger partial charge in [0.05, 0.1) is 11.3 Å². The Balaban J connectivity index is 2.11. The topological polar surface area (TPSA) is 54.9 Å². The predicted octanol–water partition coefficient (Wildman–Crippen LogP) is 2.52. The normalized spacial score (nSPS) is 10.3. The van der Waals surface area contributed by atoms with Gasteiger partial charge < -0.3 is 5.32 Å². The van der Waals surface area contributed by atoms with Gasteiger partial charge in [-0.3, -0.25) is 4.79 Å². The summed E-state index contributed by atoms with van der Waals surface area (Å²) in [6.07, 6.45) is 3.21. The van der Waals surface area contributed by atoms with Gasteiger partial charge >= 0.3 is 0 Å². The molecule has 4 heteroatoms. The molecule has 0 aliphatic carbocycles. The van der Waals surface area contributed by atoms with E-state index in [1.807, 2.05) is 44.2 Å². The third-order valence-electron chi connectivity index (χ3n) is 3.01. The van der Waals surface area contributed by atoms with E-state index in [0.29, 0.717) is 18.5 Å². The molecule has 1 heterocycles. The molecule has 0 radical (unpaired) electrons. The summed E-state index contributed by atoms with van der Waals surface area (Å²) in [6.45, 7) is 4.54. The molecule has 4 nitrogen and oxygen atoms in total. The zero-order valence-corrected chi connectivity index (χ0v) is 11.9. The van der Waals surface area contributed by atoms with Gasteiger partial charge in [-0.1, -0.05) is 37.3 Å². The number of hydrogen-bond donors (Lipinski definition) is 1. The van der Waals surface area contributed by atoms with Gasteiger partial charge in [0.15, 0.2) is 0 Å². The highest BCUT2D eigenvalue weighted by Gasteiger charge is 2.11. The van der Waals surface area contributed by atoms with Crippen LogP contribution in [0.25, 0.3) is 0 Å². The first-order valence-electron chi connectivity index (χ1n) is 6.85. The van der Waals surface area contributed by atoms with Gasteiger partial charge in [-0.2, -0.15) is 0 Å². The molecule has 0 bridgehead atoms. The molecule has 0 saturated heterocycles. The molecular weight excluding hydrogens is 250 g/mol. The van der Waals surface area contributed by atoms with Crippen LogP contribution in [0.2, 0.25) is 0 Å². The van der Waals surface area contributed by atoms with Gasteiger partial charge in [0.25, 0.3) is 5.91 Å². The summed E-state index contributed by atoms with van der Waals surface area (Å²) in [6, 6.07) is 10.1. The maximum absolute atomic E-state index is 11.9. The van der Waals surface area contributed by atoms with E-state index in [-0.39, 0.29) is 5.91 Å². The molecule has 0 aliphatic heterocycles. The van der Waals surface area contributed by atoms with Crippen LogP contribution >= 0.6 is 0 Å². The van der Waals surface area contributed by atoms with Crippen molar-refractivity contribution in [1.82, 2.24) is 15.3 Å². The molecule has 1 amide bonds. The third-order valence-corrected chi connectivity index (χ3v) is 3.01. The predicted molar refractivity (Wildman–Crippen MR) is 78.6 cm³/mol. The summed E-state index contributed by atoms with van der Waals surface area (Å²) in [7, 11) is 0. The summed E-state index contributed by atoms with van der Waals surface area (Å²) in [5.41, 5.74) is 2.44. The number of nitrogens with zero attached hydrogens (tertiary/aromatic N) is 2. The fraction of sp³-hybridized carbons (Fsp3) is 0.312. The minimum atomic E-state index is -0.101. The van der Waals surface area contributed by atoms with Crippen molar-refractivity contribution < 1.29 is 4.79 Å². The Labute approximate surface area is 119 Å². The Morgan fingerprint density at radius 2 is 2.00 bits per heavy atom. The third kappa shape index (κ3) is 3.63. The second-order valence-electron chi connectivity index (χ2n) is 4.70. The van der Waals surface area contributed by atoms with Crippen LogP contribution < -0.4 is 5.32 Å². The van der Waals surface area contributed by atoms with Crippen LogP contribution in [0.1, 0.15) is 40.8 Å². The zero-order valence-electron chi connectivity index (χ0n) is 11.9. The van der Waals surface area contributed by atoms with E-state index in [2.05, 4.69) is 15.3 Å². The number of carbonyl (C=O) groups excluding carboxylic acids is 1. The summed E-state index contributed by atoms with van der Waals surface area (Å²) in [4.78, 5) is 20.6. The number of rotatable bonds is 5. The molecule has 20 heavy (non-hydrogen) atoms. The minimum Gasteiger partial charge on any atom is -0.352 e. The number of aryl methyl sites for hydroxylation is 1. The number of amides is 1. The van der Waals surface area contributed by atoms with E-state index in [9.17, 15) is 4.79 Å². The van der Waals surface area contributed by atoms with Gasteiger partial charge in [-0.05, 0) is 18.9 Å². The van der Waals surface area contributed by atoms with E-state index in [1.165, 1.54) is 0 Å². The number of carbonyl (C=O) groups is 1. The highest BCUT2D eigenvalue weighted by atomic mass is 16.1. The highest BCUT2D eigenvalue weighted by molar-refractivity contribution is 5.94. The summed E-state index contributed by atoms with van der Waals surface area (Å²) >= 11 is 0. The van der Waals surface area contributed by atoms with Crippen molar-refractivity contribution >= 4 is 5.91 Å². The van der Waals surface area contributed by atoms with E-state index in [4.69, 9.17) is 0 Å². The maximum atomic E-state index is 11.9. The van der Waals surface area contributed by atoms with Crippen LogP contribution in [-0.4, -0.2) is 22.4 Å². The monoisotopic (exact) mass is 269 g/mol. The van der Waals surface area contributed by atoms with Crippen LogP contribution in [0.5, 0.6) is 0 Å². The molecule has 1 aromatic heterocycles. The molecule has 104 valence electrons. The Bertz CT molecular complexity index is 582. The first-order valence-corrected chi connectivity index (χ1v) is 6.85. The van der Waals surface area contributed by atoms with Crippen molar-refractivity contribution in [2.75, 3.05) is 6.54 Å². The molecule has 0 aliphatic rings. The Morgan fingerprint density at radius 3 is 2.65 bits per heavy atom. The average Bonchev–Trinajstić information content (AvgIpc) is 2.46. The van der Waals surface area contributed by atoms with Crippen LogP contribution in [0.4, 0.5) is 0 Å². The van der Waals surface area contributed by atoms with E-state index in [1.54, 1.807) is 6.20 Å². The molecule has 0 fully saturated rings. The lowest BCUT2D eigenvalue weighted by atomic mass is 10.1. The van der Waals surface area contributed by atoms with Crippen LogP contribution in [-0.2, 0) is 6.42 Å². The SMILES string of the molecule is CCCNC(=O)c1cnc(Cc2ccccc2)nc1C. The molecule has 2 aromatic rings. The minimum absolute atomic E-state index is 0.101. The fourth-order valence-corrected chi connectivity index (χ4v) is 1.94. The lowest BCUT2D eigenvalue weighted by molar-refractivity contribution is 0.0952. The Kier molecular flexibility index (Phi) is 4.82. The molecule has 0 spiro atoms. The number of nitrogens with one attached hydrogen (secondary N) is 1. The molecular formula is C16H19N3O. The van der Waals surface area contributed by atoms with E-state index in [0.717, 1.165) is 23.5 Å². The maximum Gasteiger partial charge on any atom is 0.254 e. The molecule has 0 saturated carbocycles. The Hall–Kier alpha value is -2.23. The fourth-order valence-electron chi connectivity index (χ4n) is 1.94. The Morgan fingerprint density at radius 1 is 1.25 bits per heavy atom. The molecule has 0 atom stereocenters. The van der Waals surface area contributed by atoms with E-state index >= 15 is 0 Å². The van der Waals surface area contributed by atoms with Crippen LogP contribution in [0.3, 0.4) is 0 Å². The summed E-state index contributed by atoms with van der Waals surface area (Å²) in [5.74, 6) is 0.636. The standard InChI is InChI=1S/C16H19N3O/c1-3-9-17-16(20)14-11-18-15(19-12(14)2)10-13-7-5-4-6-8-13/h4-8,11H,3,9-10H2,1-2H3,(H,17,20). The quantitative estimate of drug-likeness (QED) is 0.907. The van der Waals surface area contributed by atoms with E-state index < -0.39 is 0 Å². The number of benzene rings is 1. The lowest BCUT2D eigenvalue weighted by Crippen LogP contribution is -2.25. The molecule has 1 aromatic carbocycles. The van der Waals surface area contributed by atoms with Gasteiger partial charge in [0.2, 0.25) is 0 Å². The first-order chi connectivity index (χ1) is 9.70. The van der Waals surface area contributed by atoms with Gasteiger partial charge in [0.1, 0.15) is 5.82 Å². The van der Waals surface area contributed by atoms with Crippen molar-refractivity contribution in [2.24, 2.45) is 0 Å². The van der Waals surface area contributed by atoms with Crippen molar-refractivity contribution in [3.05, 3.63) is 59.2 Å².